The number of hydrogen-bond donors (Lipinski definition) is 0. The van der Waals surface area contributed by atoms with Gasteiger partial charge in [-0.15, -0.1) is 0 Å². The van der Waals surface area contributed by atoms with Crippen molar-refractivity contribution >= 4 is 11.2 Å². The van der Waals surface area contributed by atoms with E-state index in [9.17, 15) is 9.18 Å². The Kier molecular flexibility index (Phi) is 7.21. The average molecular weight is 485 g/mol. The molecule has 0 unspecified atom stereocenters. The topological polar surface area (TPSA) is 60.7 Å². The Labute approximate surface area is 211 Å². The predicted molar refractivity (Wildman–Crippen MR) is 141 cm³/mol. The van der Waals surface area contributed by atoms with E-state index in [0.29, 0.717) is 24.0 Å². The van der Waals surface area contributed by atoms with Gasteiger partial charge >= 0.3 is 0 Å². The summed E-state index contributed by atoms with van der Waals surface area (Å²) in [6, 6.07) is 12.7. The standard InChI is InChI=1S/C23H26N4O.C7H7F/c1-15-13-25-20-12-19(16-6-3-2-4-7-16)23(28)27(22(20)26-15)14-21-18(17-9-10-17)8-5-11-24-21;1-6-3-2-4-7(8)5-6/h5,8,11-13,16-17H,2-4,6-7,9-10,14H2,1H3;2-5H,1H3. The molecule has 0 radical (unpaired) electrons. The second-order valence-electron chi connectivity index (χ2n) is 10.2. The van der Waals surface area contributed by atoms with Crippen LogP contribution in [0.15, 0.2) is 59.7 Å². The molecule has 0 aliphatic heterocycles. The van der Waals surface area contributed by atoms with Gasteiger partial charge in [0.1, 0.15) is 11.3 Å². The number of hydrogen-bond acceptors (Lipinski definition) is 4. The highest BCUT2D eigenvalue weighted by molar-refractivity contribution is 5.71. The van der Waals surface area contributed by atoms with Gasteiger partial charge in [0.05, 0.1) is 17.9 Å². The summed E-state index contributed by atoms with van der Waals surface area (Å²) in [5, 5.41) is 0. The molecule has 2 saturated carbocycles. The number of rotatable bonds is 4. The van der Waals surface area contributed by atoms with Crippen LogP contribution < -0.4 is 5.56 Å². The largest absolute Gasteiger partial charge is 0.285 e. The Hall–Kier alpha value is -3.41. The molecule has 0 spiro atoms. The van der Waals surface area contributed by atoms with Crippen LogP contribution in [0, 0.1) is 19.7 Å². The second kappa shape index (κ2) is 10.7. The molecule has 186 valence electrons. The molecule has 0 bridgehead atoms. The zero-order chi connectivity index (χ0) is 25.1. The van der Waals surface area contributed by atoms with Gasteiger partial charge in [0.15, 0.2) is 5.65 Å². The fraction of sp³-hybridized carbons (Fsp3) is 0.400. The molecule has 2 aliphatic carbocycles. The van der Waals surface area contributed by atoms with Crippen molar-refractivity contribution in [1.29, 1.82) is 0 Å². The van der Waals surface area contributed by atoms with Gasteiger partial charge in [-0.1, -0.05) is 37.5 Å². The van der Waals surface area contributed by atoms with E-state index in [1.165, 1.54) is 49.8 Å². The highest BCUT2D eigenvalue weighted by Crippen LogP contribution is 2.41. The number of benzene rings is 1. The van der Waals surface area contributed by atoms with Crippen molar-refractivity contribution in [2.24, 2.45) is 0 Å². The Morgan fingerprint density at radius 3 is 2.39 bits per heavy atom. The number of pyridine rings is 2. The number of halogens is 1. The molecule has 4 aromatic rings. The van der Waals surface area contributed by atoms with E-state index in [1.807, 2.05) is 42.8 Å². The van der Waals surface area contributed by atoms with Crippen LogP contribution in [0.3, 0.4) is 0 Å². The maximum absolute atomic E-state index is 13.6. The van der Waals surface area contributed by atoms with Crippen molar-refractivity contribution in [3.05, 3.63) is 99.1 Å². The monoisotopic (exact) mass is 484 g/mol. The van der Waals surface area contributed by atoms with Crippen molar-refractivity contribution in [3.8, 4) is 0 Å². The zero-order valence-corrected chi connectivity index (χ0v) is 21.1. The van der Waals surface area contributed by atoms with Crippen molar-refractivity contribution in [2.45, 2.75) is 77.2 Å². The van der Waals surface area contributed by atoms with Gasteiger partial charge in [-0.05, 0) is 86.8 Å². The fourth-order valence-corrected chi connectivity index (χ4v) is 5.19. The lowest BCUT2D eigenvalue weighted by atomic mass is 9.84. The third-order valence-corrected chi connectivity index (χ3v) is 7.22. The van der Waals surface area contributed by atoms with Gasteiger partial charge in [-0.25, -0.2) is 9.37 Å². The van der Waals surface area contributed by atoms with Crippen molar-refractivity contribution in [1.82, 2.24) is 19.5 Å². The van der Waals surface area contributed by atoms with Crippen LogP contribution >= 0.6 is 0 Å². The molecule has 36 heavy (non-hydrogen) atoms. The van der Waals surface area contributed by atoms with Crippen LogP contribution in [0.25, 0.3) is 11.2 Å². The molecule has 0 N–H and O–H groups in total. The van der Waals surface area contributed by atoms with Crippen molar-refractivity contribution in [3.63, 3.8) is 0 Å². The van der Waals surface area contributed by atoms with E-state index < -0.39 is 0 Å². The van der Waals surface area contributed by atoms with E-state index in [-0.39, 0.29) is 11.4 Å². The van der Waals surface area contributed by atoms with Crippen molar-refractivity contribution < 1.29 is 4.39 Å². The van der Waals surface area contributed by atoms with E-state index >= 15 is 0 Å². The van der Waals surface area contributed by atoms with Crippen LogP contribution in [-0.2, 0) is 6.54 Å². The Balaban J connectivity index is 0.000000286. The van der Waals surface area contributed by atoms with Gasteiger partial charge in [-0.2, -0.15) is 0 Å². The van der Waals surface area contributed by atoms with E-state index in [1.54, 1.807) is 12.3 Å². The highest BCUT2D eigenvalue weighted by atomic mass is 19.1. The maximum Gasteiger partial charge on any atom is 0.256 e. The molecule has 2 aliphatic rings. The first-order valence-electron chi connectivity index (χ1n) is 13.0. The second-order valence-corrected chi connectivity index (χ2v) is 10.2. The lowest BCUT2D eigenvalue weighted by molar-refractivity contribution is 0.439. The van der Waals surface area contributed by atoms with Gasteiger partial charge in [0.2, 0.25) is 0 Å². The molecule has 5 nitrogen and oxygen atoms in total. The van der Waals surface area contributed by atoms with Crippen LogP contribution in [0.1, 0.15) is 84.9 Å². The molecule has 0 atom stereocenters. The summed E-state index contributed by atoms with van der Waals surface area (Å²) in [6.45, 7) is 4.26. The third kappa shape index (κ3) is 5.53. The molecule has 1 aromatic carbocycles. The Bertz CT molecular complexity index is 1400. The van der Waals surface area contributed by atoms with Gasteiger partial charge in [-0.3, -0.25) is 19.3 Å². The van der Waals surface area contributed by atoms with Gasteiger partial charge < -0.3 is 0 Å². The van der Waals surface area contributed by atoms with Crippen LogP contribution in [0.5, 0.6) is 0 Å². The molecule has 6 rings (SSSR count). The van der Waals surface area contributed by atoms with Gasteiger partial charge in [0, 0.05) is 18.0 Å². The molecule has 6 heteroatoms. The maximum atomic E-state index is 13.6. The minimum absolute atomic E-state index is 0.0895. The predicted octanol–water partition coefficient (Wildman–Crippen LogP) is 6.60. The van der Waals surface area contributed by atoms with Crippen LogP contribution in [0.4, 0.5) is 4.39 Å². The summed E-state index contributed by atoms with van der Waals surface area (Å²) in [7, 11) is 0. The summed E-state index contributed by atoms with van der Waals surface area (Å²) in [5.74, 6) is 0.775. The smallest absolute Gasteiger partial charge is 0.256 e. The van der Waals surface area contributed by atoms with E-state index in [0.717, 1.165) is 40.9 Å². The molecule has 3 heterocycles. The number of aromatic nitrogens is 4. The van der Waals surface area contributed by atoms with Gasteiger partial charge in [0.25, 0.3) is 5.56 Å². The minimum atomic E-state index is -0.162. The number of nitrogens with zero attached hydrogens (tertiary/aromatic N) is 4. The summed E-state index contributed by atoms with van der Waals surface area (Å²) in [5.41, 5.74) is 6.57. The Morgan fingerprint density at radius 2 is 1.69 bits per heavy atom. The van der Waals surface area contributed by atoms with E-state index in [2.05, 4.69) is 21.0 Å². The molecular formula is C30H33FN4O. The highest BCUT2D eigenvalue weighted by Gasteiger charge is 2.27. The summed E-state index contributed by atoms with van der Waals surface area (Å²) >= 11 is 0. The summed E-state index contributed by atoms with van der Waals surface area (Å²) in [6.07, 6.45) is 11.9. The van der Waals surface area contributed by atoms with Crippen molar-refractivity contribution in [2.75, 3.05) is 0 Å². The number of fused-ring (bicyclic) bond motifs is 1. The zero-order valence-electron chi connectivity index (χ0n) is 21.1. The lowest BCUT2D eigenvalue weighted by Crippen LogP contribution is -2.28. The molecular weight excluding hydrogens is 451 g/mol. The van der Waals surface area contributed by atoms with Crippen LogP contribution in [-0.4, -0.2) is 19.5 Å². The summed E-state index contributed by atoms with van der Waals surface area (Å²) in [4.78, 5) is 27.5. The molecule has 2 fully saturated rings. The fourth-order valence-electron chi connectivity index (χ4n) is 5.19. The third-order valence-electron chi connectivity index (χ3n) is 7.22. The lowest BCUT2D eigenvalue weighted by Gasteiger charge is -2.23. The average Bonchev–Trinajstić information content (AvgIpc) is 3.72. The minimum Gasteiger partial charge on any atom is -0.285 e. The number of aryl methyl sites for hydroxylation is 2. The molecule has 0 saturated heterocycles. The molecule has 0 amide bonds. The summed E-state index contributed by atoms with van der Waals surface area (Å²) < 4.78 is 14.0. The first-order chi connectivity index (χ1) is 17.5. The first kappa shape index (κ1) is 24.3. The SMILES string of the molecule is Cc1cccc(F)c1.Cc1cnc2cc(C3CCCCC3)c(=O)n(Cc3ncccc3C3CC3)c2n1. The Morgan fingerprint density at radius 1 is 0.917 bits per heavy atom. The van der Waals surface area contributed by atoms with E-state index in [4.69, 9.17) is 0 Å². The quantitative estimate of drug-likeness (QED) is 0.327. The molecule has 3 aromatic heterocycles. The van der Waals surface area contributed by atoms with Crippen LogP contribution in [0.2, 0.25) is 0 Å². The normalized spacial score (nSPS) is 16.0. The first-order valence-corrected chi connectivity index (χ1v) is 13.0.